The molecule has 1 saturated heterocycles. The number of thiazole rings is 1. The van der Waals surface area contributed by atoms with Crippen molar-refractivity contribution in [3.8, 4) is 0 Å². The predicted molar refractivity (Wildman–Crippen MR) is 105 cm³/mol. The normalized spacial score (nSPS) is 16.9. The highest BCUT2D eigenvalue weighted by Gasteiger charge is 2.35. The Morgan fingerprint density at radius 1 is 1.40 bits per heavy atom. The van der Waals surface area contributed by atoms with Gasteiger partial charge >= 0.3 is 0 Å². The van der Waals surface area contributed by atoms with Gasteiger partial charge in [0.25, 0.3) is 5.91 Å². The molecule has 1 unspecified atom stereocenters. The van der Waals surface area contributed by atoms with Gasteiger partial charge in [0.2, 0.25) is 5.91 Å². The fraction of sp³-hybridized carbons (Fsp3) is 0.353. The lowest BCUT2D eigenvalue weighted by molar-refractivity contribution is -0.124. The zero-order valence-electron chi connectivity index (χ0n) is 13.7. The lowest BCUT2D eigenvalue weighted by atomic mass is 10.1. The molecular formula is C17H18BrN3O2S2. The molecule has 1 aliphatic heterocycles. The molecule has 1 atom stereocenters. The summed E-state index contributed by atoms with van der Waals surface area (Å²) < 4.78 is 0.741. The van der Waals surface area contributed by atoms with Crippen molar-refractivity contribution in [3.63, 3.8) is 0 Å². The van der Waals surface area contributed by atoms with Gasteiger partial charge in [0, 0.05) is 15.6 Å². The van der Waals surface area contributed by atoms with Crippen LogP contribution in [-0.4, -0.2) is 39.4 Å². The molecule has 5 nitrogen and oxygen atoms in total. The molecular weight excluding hydrogens is 422 g/mol. The average molecular weight is 440 g/mol. The van der Waals surface area contributed by atoms with Gasteiger partial charge in [-0.1, -0.05) is 19.1 Å². The number of nitrogens with zero attached hydrogens (tertiary/aromatic N) is 2. The number of nitrogens with one attached hydrogen (secondary N) is 1. The van der Waals surface area contributed by atoms with E-state index in [1.165, 1.54) is 0 Å². The van der Waals surface area contributed by atoms with Crippen molar-refractivity contribution in [1.29, 1.82) is 0 Å². The Kier molecular flexibility index (Phi) is 6.14. The Labute approximate surface area is 163 Å². The van der Waals surface area contributed by atoms with E-state index in [4.69, 9.17) is 0 Å². The molecule has 2 heterocycles. The largest absolute Gasteiger partial charge is 0.349 e. The zero-order valence-corrected chi connectivity index (χ0v) is 16.9. The van der Waals surface area contributed by atoms with Gasteiger partial charge in [-0.05, 0) is 34.5 Å². The van der Waals surface area contributed by atoms with Crippen LogP contribution in [0, 0.1) is 0 Å². The highest BCUT2D eigenvalue weighted by atomic mass is 79.9. The minimum absolute atomic E-state index is 0.125. The molecule has 1 fully saturated rings. The number of benzene rings is 1. The molecule has 25 heavy (non-hydrogen) atoms. The maximum Gasteiger partial charge on any atom is 0.256 e. The van der Waals surface area contributed by atoms with Crippen molar-refractivity contribution < 1.29 is 9.59 Å². The first kappa shape index (κ1) is 18.4. The van der Waals surface area contributed by atoms with Crippen LogP contribution < -0.4 is 5.32 Å². The number of amides is 2. The molecule has 3 rings (SSSR count). The predicted octanol–water partition coefficient (Wildman–Crippen LogP) is 3.30. The van der Waals surface area contributed by atoms with Gasteiger partial charge in [0.05, 0.1) is 28.7 Å². The van der Waals surface area contributed by atoms with E-state index < -0.39 is 6.04 Å². The van der Waals surface area contributed by atoms with E-state index in [1.807, 2.05) is 23.6 Å². The second-order valence-corrected chi connectivity index (χ2v) is 8.37. The van der Waals surface area contributed by atoms with Gasteiger partial charge in [-0.15, -0.1) is 23.1 Å². The Balaban J connectivity index is 1.65. The van der Waals surface area contributed by atoms with E-state index in [1.54, 1.807) is 34.1 Å². The maximum atomic E-state index is 12.8. The van der Waals surface area contributed by atoms with Crippen molar-refractivity contribution in [3.05, 3.63) is 50.4 Å². The quantitative estimate of drug-likeness (QED) is 0.775. The zero-order chi connectivity index (χ0) is 17.8. The standard InChI is InChI=1S/C17H18BrN3O2S2/c1-2-15-20-11(8-25-15)7-19-16(22)14-9-24-10-21(14)17(23)12-5-3-4-6-13(12)18/h3-6,8,14H,2,7,9-10H2,1H3,(H,19,22). The summed E-state index contributed by atoms with van der Waals surface area (Å²) in [5, 5.41) is 5.94. The lowest BCUT2D eigenvalue weighted by Crippen LogP contribution is -2.47. The van der Waals surface area contributed by atoms with E-state index >= 15 is 0 Å². The molecule has 1 aromatic carbocycles. The number of halogens is 1. The van der Waals surface area contributed by atoms with E-state index in [9.17, 15) is 9.59 Å². The number of aryl methyl sites for hydroxylation is 1. The third-order valence-electron chi connectivity index (χ3n) is 3.90. The minimum atomic E-state index is -0.450. The van der Waals surface area contributed by atoms with Crippen LogP contribution in [0.5, 0.6) is 0 Å². The summed E-state index contributed by atoms with van der Waals surface area (Å²) in [4.78, 5) is 31.5. The summed E-state index contributed by atoms with van der Waals surface area (Å²) in [5.74, 6) is 0.879. The van der Waals surface area contributed by atoms with Crippen LogP contribution in [0.2, 0.25) is 0 Å². The molecule has 1 aliphatic rings. The SMILES string of the molecule is CCc1nc(CNC(=O)C2CSCN2C(=O)c2ccccc2Br)cs1. The van der Waals surface area contributed by atoms with Crippen LogP contribution in [0.3, 0.4) is 0 Å². The molecule has 8 heteroatoms. The van der Waals surface area contributed by atoms with E-state index in [-0.39, 0.29) is 11.8 Å². The Morgan fingerprint density at radius 3 is 2.92 bits per heavy atom. The molecule has 0 spiro atoms. The molecule has 1 aromatic heterocycles. The molecule has 132 valence electrons. The Hall–Kier alpha value is -1.38. The topological polar surface area (TPSA) is 62.3 Å². The van der Waals surface area contributed by atoms with Gasteiger partial charge in [-0.3, -0.25) is 9.59 Å². The van der Waals surface area contributed by atoms with Gasteiger partial charge in [0.1, 0.15) is 6.04 Å². The third kappa shape index (κ3) is 4.24. The monoisotopic (exact) mass is 439 g/mol. The molecule has 2 aromatic rings. The average Bonchev–Trinajstić information content (AvgIpc) is 3.28. The van der Waals surface area contributed by atoms with Crippen molar-refractivity contribution >= 4 is 50.8 Å². The van der Waals surface area contributed by atoms with Crippen LogP contribution in [0.4, 0.5) is 0 Å². The van der Waals surface area contributed by atoms with E-state index in [2.05, 4.69) is 33.2 Å². The fourth-order valence-electron chi connectivity index (χ4n) is 2.54. The minimum Gasteiger partial charge on any atom is -0.349 e. The van der Waals surface area contributed by atoms with Crippen molar-refractivity contribution in [1.82, 2.24) is 15.2 Å². The molecule has 0 saturated carbocycles. The highest BCUT2D eigenvalue weighted by molar-refractivity contribution is 9.10. The first-order valence-corrected chi connectivity index (χ1v) is 10.8. The Morgan fingerprint density at radius 2 is 2.20 bits per heavy atom. The number of thioether (sulfide) groups is 1. The molecule has 0 radical (unpaired) electrons. The Bertz CT molecular complexity index is 781. The van der Waals surface area contributed by atoms with Gasteiger partial charge in [-0.2, -0.15) is 0 Å². The van der Waals surface area contributed by atoms with Gasteiger partial charge < -0.3 is 10.2 Å². The van der Waals surface area contributed by atoms with Crippen LogP contribution >= 0.6 is 39.0 Å². The van der Waals surface area contributed by atoms with Crippen molar-refractivity contribution in [2.24, 2.45) is 0 Å². The summed E-state index contributed by atoms with van der Waals surface area (Å²) in [5.41, 5.74) is 1.44. The highest BCUT2D eigenvalue weighted by Crippen LogP contribution is 2.26. The van der Waals surface area contributed by atoms with Crippen LogP contribution in [0.15, 0.2) is 34.1 Å². The number of rotatable bonds is 5. The summed E-state index contributed by atoms with van der Waals surface area (Å²) in [6.45, 7) is 2.45. The molecule has 1 N–H and O–H groups in total. The summed E-state index contributed by atoms with van der Waals surface area (Å²) in [6, 6.07) is 6.84. The molecule has 0 bridgehead atoms. The third-order valence-corrected chi connectivity index (χ3v) is 6.64. The number of carbonyl (C=O) groups is 2. The first-order valence-electron chi connectivity index (χ1n) is 7.94. The van der Waals surface area contributed by atoms with Gasteiger partial charge in [0.15, 0.2) is 0 Å². The van der Waals surface area contributed by atoms with E-state index in [0.29, 0.717) is 23.7 Å². The van der Waals surface area contributed by atoms with Crippen molar-refractivity contribution in [2.75, 3.05) is 11.6 Å². The first-order chi connectivity index (χ1) is 12.1. The molecule has 0 aliphatic carbocycles. The number of hydrogen-bond acceptors (Lipinski definition) is 5. The van der Waals surface area contributed by atoms with Crippen molar-refractivity contribution in [2.45, 2.75) is 25.9 Å². The molecule has 2 amide bonds. The van der Waals surface area contributed by atoms with Gasteiger partial charge in [-0.25, -0.2) is 4.98 Å². The lowest BCUT2D eigenvalue weighted by Gasteiger charge is -2.23. The van der Waals surface area contributed by atoms with Crippen LogP contribution in [-0.2, 0) is 17.8 Å². The summed E-state index contributed by atoms with van der Waals surface area (Å²) >= 11 is 6.60. The maximum absolute atomic E-state index is 12.8. The number of carbonyl (C=O) groups excluding carboxylic acids is 2. The second kappa shape index (κ2) is 8.33. The van der Waals surface area contributed by atoms with E-state index in [0.717, 1.165) is 21.6 Å². The van der Waals surface area contributed by atoms with Crippen LogP contribution in [0.25, 0.3) is 0 Å². The number of hydrogen-bond donors (Lipinski definition) is 1. The number of aromatic nitrogens is 1. The smallest absolute Gasteiger partial charge is 0.256 e. The summed E-state index contributed by atoms with van der Waals surface area (Å²) in [7, 11) is 0. The second-order valence-electron chi connectivity index (χ2n) is 5.57. The van der Waals surface area contributed by atoms with Crippen LogP contribution in [0.1, 0.15) is 28.0 Å². The summed E-state index contributed by atoms with van der Waals surface area (Å²) in [6.07, 6.45) is 0.895. The fourth-order valence-corrected chi connectivity index (χ4v) is 4.89.